The van der Waals surface area contributed by atoms with Gasteiger partial charge in [0.1, 0.15) is 17.2 Å². The number of nitrogens with one attached hydrogen (secondary N) is 1. The van der Waals surface area contributed by atoms with Gasteiger partial charge in [-0.25, -0.2) is 5.10 Å². The number of aromatic hydroxyl groups is 1. The average Bonchev–Trinajstić information content (AvgIpc) is 3.02. The van der Waals surface area contributed by atoms with Crippen LogP contribution in [0.15, 0.2) is 47.6 Å². The van der Waals surface area contributed by atoms with Crippen molar-refractivity contribution in [1.29, 1.82) is 0 Å². The zero-order valence-electron chi connectivity index (χ0n) is 14.3. The largest absolute Gasteiger partial charge is 0.507 e. The first-order valence-corrected chi connectivity index (χ1v) is 8.35. The first kappa shape index (κ1) is 17.7. The SMILES string of the molecule is CCOc1ccc(-c2n[nH]c(=S)n2/N=C/c2cc(OC)ccc2O)cc1. The summed E-state index contributed by atoms with van der Waals surface area (Å²) < 4.78 is 12.4. The number of phenols is 1. The van der Waals surface area contributed by atoms with Crippen molar-refractivity contribution in [2.24, 2.45) is 5.10 Å². The van der Waals surface area contributed by atoms with Gasteiger partial charge in [-0.3, -0.25) is 0 Å². The van der Waals surface area contributed by atoms with E-state index in [4.69, 9.17) is 21.7 Å². The predicted octanol–water partition coefficient (Wildman–Crippen LogP) is 3.60. The molecule has 0 aliphatic heterocycles. The molecule has 0 saturated carbocycles. The Morgan fingerprint density at radius 1 is 1.23 bits per heavy atom. The Labute approximate surface area is 155 Å². The third-order valence-electron chi connectivity index (χ3n) is 3.62. The van der Waals surface area contributed by atoms with E-state index >= 15 is 0 Å². The molecule has 0 spiro atoms. The van der Waals surface area contributed by atoms with Crippen molar-refractivity contribution < 1.29 is 14.6 Å². The van der Waals surface area contributed by atoms with Gasteiger partial charge in [-0.1, -0.05) is 0 Å². The van der Waals surface area contributed by atoms with Crippen molar-refractivity contribution in [2.75, 3.05) is 13.7 Å². The number of ether oxygens (including phenoxy) is 2. The summed E-state index contributed by atoms with van der Waals surface area (Å²) in [7, 11) is 1.56. The Morgan fingerprint density at radius 3 is 2.65 bits per heavy atom. The number of aromatic amines is 1. The zero-order valence-corrected chi connectivity index (χ0v) is 15.2. The fourth-order valence-corrected chi connectivity index (χ4v) is 2.51. The minimum Gasteiger partial charge on any atom is -0.507 e. The highest BCUT2D eigenvalue weighted by molar-refractivity contribution is 7.71. The number of H-pyrrole nitrogens is 1. The Morgan fingerprint density at radius 2 is 1.96 bits per heavy atom. The Hall–Kier alpha value is -3.13. The first-order chi connectivity index (χ1) is 12.6. The standard InChI is InChI=1S/C18H18N4O3S/c1-3-25-14-6-4-12(5-7-14)17-20-21-18(26)22(17)19-11-13-10-15(24-2)8-9-16(13)23/h4-11,23H,3H2,1-2H3,(H,21,26)/b19-11+. The van der Waals surface area contributed by atoms with Crippen LogP contribution in [-0.4, -0.2) is 39.9 Å². The maximum Gasteiger partial charge on any atom is 0.216 e. The van der Waals surface area contributed by atoms with Crippen LogP contribution in [0.1, 0.15) is 12.5 Å². The number of hydrogen-bond donors (Lipinski definition) is 2. The van der Waals surface area contributed by atoms with Crippen LogP contribution in [0, 0.1) is 4.77 Å². The highest BCUT2D eigenvalue weighted by Gasteiger charge is 2.09. The lowest BCUT2D eigenvalue weighted by Crippen LogP contribution is -1.96. The maximum absolute atomic E-state index is 9.98. The molecule has 0 radical (unpaired) electrons. The summed E-state index contributed by atoms with van der Waals surface area (Å²) in [6, 6.07) is 12.4. The van der Waals surface area contributed by atoms with E-state index in [-0.39, 0.29) is 5.75 Å². The van der Waals surface area contributed by atoms with Crippen molar-refractivity contribution >= 4 is 18.4 Å². The third kappa shape index (κ3) is 3.75. The number of methoxy groups -OCH3 is 1. The predicted molar refractivity (Wildman–Crippen MR) is 102 cm³/mol. The molecule has 0 fully saturated rings. The minimum atomic E-state index is 0.0900. The van der Waals surface area contributed by atoms with Crippen LogP contribution in [0.2, 0.25) is 0 Å². The van der Waals surface area contributed by atoms with Crippen LogP contribution in [0.4, 0.5) is 0 Å². The molecule has 2 aromatic carbocycles. The quantitative estimate of drug-likeness (QED) is 0.511. The number of aromatic nitrogens is 3. The van der Waals surface area contributed by atoms with E-state index in [2.05, 4.69) is 15.3 Å². The molecule has 1 aromatic heterocycles. The smallest absolute Gasteiger partial charge is 0.216 e. The van der Waals surface area contributed by atoms with Crippen molar-refractivity contribution in [3.05, 3.63) is 52.8 Å². The van der Waals surface area contributed by atoms with Gasteiger partial charge in [0.15, 0.2) is 5.82 Å². The molecule has 2 N–H and O–H groups in total. The van der Waals surface area contributed by atoms with Gasteiger partial charge in [-0.2, -0.15) is 14.9 Å². The van der Waals surface area contributed by atoms with Gasteiger partial charge in [0.2, 0.25) is 4.77 Å². The molecule has 3 rings (SSSR count). The van der Waals surface area contributed by atoms with E-state index in [0.717, 1.165) is 11.3 Å². The van der Waals surface area contributed by atoms with Gasteiger partial charge in [0.25, 0.3) is 0 Å². The summed E-state index contributed by atoms with van der Waals surface area (Å²) in [6.07, 6.45) is 1.50. The molecule has 7 nitrogen and oxygen atoms in total. The second-order valence-corrected chi connectivity index (χ2v) is 5.68. The molecule has 1 heterocycles. The van der Waals surface area contributed by atoms with Gasteiger partial charge in [-0.15, -0.1) is 0 Å². The molecular weight excluding hydrogens is 352 g/mol. The van der Waals surface area contributed by atoms with Crippen molar-refractivity contribution in [3.63, 3.8) is 0 Å². The Balaban J connectivity index is 1.94. The summed E-state index contributed by atoms with van der Waals surface area (Å²) in [5, 5.41) is 21.3. The molecule has 26 heavy (non-hydrogen) atoms. The zero-order chi connectivity index (χ0) is 18.5. The highest BCUT2D eigenvalue weighted by Crippen LogP contribution is 2.23. The number of nitrogens with zero attached hydrogens (tertiary/aromatic N) is 3. The van der Waals surface area contributed by atoms with Crippen molar-refractivity contribution in [1.82, 2.24) is 14.9 Å². The van der Waals surface area contributed by atoms with Crippen LogP contribution >= 0.6 is 12.2 Å². The number of hydrogen-bond acceptors (Lipinski definition) is 6. The van der Waals surface area contributed by atoms with Crippen LogP contribution in [0.3, 0.4) is 0 Å². The molecule has 3 aromatic rings. The normalized spacial score (nSPS) is 11.0. The Kier molecular flexibility index (Phi) is 5.33. The third-order valence-corrected chi connectivity index (χ3v) is 3.89. The maximum atomic E-state index is 9.98. The minimum absolute atomic E-state index is 0.0900. The molecule has 8 heteroatoms. The van der Waals surface area contributed by atoms with Gasteiger partial charge in [-0.05, 0) is 61.6 Å². The topological polar surface area (TPSA) is 84.7 Å². The monoisotopic (exact) mass is 370 g/mol. The second kappa shape index (κ2) is 7.83. The number of phenolic OH excluding ortho intramolecular Hbond substituents is 1. The molecule has 0 amide bonds. The summed E-state index contributed by atoms with van der Waals surface area (Å²) in [5.41, 5.74) is 1.33. The molecular formula is C18H18N4O3S. The molecule has 0 aliphatic rings. The van der Waals surface area contributed by atoms with E-state index in [1.165, 1.54) is 10.9 Å². The average molecular weight is 370 g/mol. The van der Waals surface area contributed by atoms with E-state index in [9.17, 15) is 5.11 Å². The van der Waals surface area contributed by atoms with Crippen LogP contribution in [0.5, 0.6) is 17.2 Å². The number of rotatable bonds is 6. The van der Waals surface area contributed by atoms with Gasteiger partial charge in [0.05, 0.1) is 19.9 Å². The summed E-state index contributed by atoms with van der Waals surface area (Å²) in [6.45, 7) is 2.54. The molecule has 0 saturated heterocycles. The molecule has 0 bridgehead atoms. The van der Waals surface area contributed by atoms with Crippen molar-refractivity contribution in [3.8, 4) is 28.6 Å². The number of benzene rings is 2. The summed E-state index contributed by atoms with van der Waals surface area (Å²) in [4.78, 5) is 0. The summed E-state index contributed by atoms with van der Waals surface area (Å²) in [5.74, 6) is 2.04. The van der Waals surface area contributed by atoms with Gasteiger partial charge >= 0.3 is 0 Å². The van der Waals surface area contributed by atoms with Gasteiger partial charge < -0.3 is 14.6 Å². The molecule has 0 atom stereocenters. The highest BCUT2D eigenvalue weighted by atomic mass is 32.1. The van der Waals surface area contributed by atoms with Crippen LogP contribution in [-0.2, 0) is 0 Å². The van der Waals surface area contributed by atoms with Gasteiger partial charge in [0, 0.05) is 11.1 Å². The van der Waals surface area contributed by atoms with Crippen LogP contribution < -0.4 is 9.47 Å². The van der Waals surface area contributed by atoms with E-state index in [1.54, 1.807) is 25.3 Å². The molecule has 0 unspecified atom stereocenters. The van der Waals surface area contributed by atoms with Crippen molar-refractivity contribution in [2.45, 2.75) is 6.92 Å². The fourth-order valence-electron chi connectivity index (χ4n) is 2.34. The second-order valence-electron chi connectivity index (χ2n) is 5.29. The van der Waals surface area contributed by atoms with E-state index < -0.39 is 0 Å². The molecule has 0 aliphatic carbocycles. The first-order valence-electron chi connectivity index (χ1n) is 7.94. The molecule has 134 valence electrons. The lowest BCUT2D eigenvalue weighted by atomic mass is 10.2. The summed E-state index contributed by atoms with van der Waals surface area (Å²) >= 11 is 5.26. The van der Waals surface area contributed by atoms with Crippen LogP contribution in [0.25, 0.3) is 11.4 Å². The van der Waals surface area contributed by atoms with E-state index in [0.29, 0.717) is 28.5 Å². The lowest BCUT2D eigenvalue weighted by Gasteiger charge is -2.05. The van der Waals surface area contributed by atoms with E-state index in [1.807, 2.05) is 31.2 Å². The lowest BCUT2D eigenvalue weighted by molar-refractivity contribution is 0.340. The fraction of sp³-hybridized carbons (Fsp3) is 0.167. The Bertz CT molecular complexity index is 977.